The summed E-state index contributed by atoms with van der Waals surface area (Å²) in [6.45, 7) is 8.58. The third kappa shape index (κ3) is 5.51. The van der Waals surface area contributed by atoms with Gasteiger partial charge in [-0.25, -0.2) is 0 Å². The zero-order valence-electron chi connectivity index (χ0n) is 16.0. The van der Waals surface area contributed by atoms with Gasteiger partial charge in [-0.3, -0.25) is 14.0 Å². The number of halogens is 1. The molecule has 0 fully saturated rings. The summed E-state index contributed by atoms with van der Waals surface area (Å²) in [7, 11) is -3.15. The number of amides is 1. The summed E-state index contributed by atoms with van der Waals surface area (Å²) in [5.74, 6) is -0.244. The summed E-state index contributed by atoms with van der Waals surface area (Å²) in [6.07, 6.45) is 0.191. The van der Waals surface area contributed by atoms with Crippen LogP contribution in [0, 0.1) is 6.92 Å². The molecule has 7 nitrogen and oxygen atoms in total. The van der Waals surface area contributed by atoms with Gasteiger partial charge in [0.2, 0.25) is 0 Å². The molecule has 0 aliphatic heterocycles. The molecule has 2 aromatic rings. The molecular weight excluding hydrogens is 433 g/mol. The van der Waals surface area contributed by atoms with Crippen LogP contribution in [0.2, 0.25) is 0 Å². The highest BCUT2D eigenvalue weighted by molar-refractivity contribution is 9.10. The van der Waals surface area contributed by atoms with E-state index in [1.54, 1.807) is 42.8 Å². The Kier molecular flexibility index (Phi) is 7.79. The molecule has 0 spiro atoms. The largest absolute Gasteiger partial charge is 0.335 e. The van der Waals surface area contributed by atoms with Crippen LogP contribution in [0.15, 0.2) is 28.7 Å². The summed E-state index contributed by atoms with van der Waals surface area (Å²) in [4.78, 5) is 12.6. The Labute approximate surface area is 168 Å². The summed E-state index contributed by atoms with van der Waals surface area (Å²) < 4.78 is 25.6. The van der Waals surface area contributed by atoms with E-state index in [0.717, 1.165) is 11.3 Å². The Bertz CT molecular complexity index is 826. The first-order valence-corrected chi connectivity index (χ1v) is 11.4. The highest BCUT2D eigenvalue weighted by Gasteiger charge is 2.24. The molecule has 9 heteroatoms. The number of aryl methyl sites for hydroxylation is 2. The van der Waals surface area contributed by atoms with Gasteiger partial charge in [0.1, 0.15) is 5.69 Å². The number of carbonyl (C=O) groups is 1. The number of hydrogen-bond acceptors (Lipinski definition) is 5. The molecule has 0 atom stereocenters. The van der Waals surface area contributed by atoms with Crippen LogP contribution in [-0.4, -0.2) is 28.9 Å². The first-order chi connectivity index (χ1) is 12.8. The van der Waals surface area contributed by atoms with Gasteiger partial charge in [0, 0.05) is 12.2 Å². The van der Waals surface area contributed by atoms with Gasteiger partial charge in [-0.05, 0) is 61.3 Å². The van der Waals surface area contributed by atoms with E-state index < -0.39 is 7.60 Å². The van der Waals surface area contributed by atoms with Crippen LogP contribution in [0.5, 0.6) is 0 Å². The van der Waals surface area contributed by atoms with Gasteiger partial charge in [0.25, 0.3) is 5.91 Å². The van der Waals surface area contributed by atoms with Crippen molar-refractivity contribution in [1.29, 1.82) is 0 Å². The average molecular weight is 458 g/mol. The van der Waals surface area contributed by atoms with Gasteiger partial charge in [-0.2, -0.15) is 5.10 Å². The van der Waals surface area contributed by atoms with Crippen LogP contribution in [-0.2, 0) is 26.3 Å². The maximum Gasteiger partial charge on any atom is 0.335 e. The van der Waals surface area contributed by atoms with E-state index in [2.05, 4.69) is 26.3 Å². The van der Waals surface area contributed by atoms with Crippen LogP contribution in [0.1, 0.15) is 42.5 Å². The molecule has 0 saturated carbocycles. The second-order valence-corrected chi connectivity index (χ2v) is 8.67. The maximum atomic E-state index is 12.6. The monoisotopic (exact) mass is 457 g/mol. The number of carbonyl (C=O) groups excluding carboxylic acids is 1. The maximum absolute atomic E-state index is 12.6. The Morgan fingerprint density at radius 2 is 1.78 bits per heavy atom. The highest BCUT2D eigenvalue weighted by atomic mass is 79.9. The van der Waals surface area contributed by atoms with Crippen molar-refractivity contribution in [2.24, 2.45) is 0 Å². The minimum Gasteiger partial charge on any atom is -0.321 e. The molecule has 0 radical (unpaired) electrons. The second kappa shape index (κ2) is 9.64. The molecular formula is C18H25BrN3O4P. The minimum atomic E-state index is -3.15. The summed E-state index contributed by atoms with van der Waals surface area (Å²) in [6, 6.07) is 7.14. The fraction of sp³-hybridized carbons (Fsp3) is 0.444. The summed E-state index contributed by atoms with van der Waals surface area (Å²) in [5.41, 5.74) is 2.70. The number of nitrogens with zero attached hydrogens (tertiary/aromatic N) is 2. The van der Waals surface area contributed by atoms with E-state index in [1.807, 2.05) is 13.8 Å². The normalized spacial score (nSPS) is 11.6. The van der Waals surface area contributed by atoms with E-state index in [4.69, 9.17) is 9.05 Å². The lowest BCUT2D eigenvalue weighted by Crippen LogP contribution is -2.17. The van der Waals surface area contributed by atoms with E-state index in [0.29, 0.717) is 35.6 Å². The van der Waals surface area contributed by atoms with Gasteiger partial charge < -0.3 is 14.4 Å². The van der Waals surface area contributed by atoms with Crippen LogP contribution in [0.4, 0.5) is 5.69 Å². The van der Waals surface area contributed by atoms with Crippen molar-refractivity contribution >= 4 is 35.1 Å². The third-order valence-electron chi connectivity index (χ3n) is 3.81. The lowest BCUT2D eigenvalue weighted by atomic mass is 10.2. The molecule has 0 bridgehead atoms. The number of anilines is 1. The van der Waals surface area contributed by atoms with Crippen LogP contribution >= 0.6 is 23.5 Å². The Balaban J connectivity index is 2.12. The van der Waals surface area contributed by atoms with Crippen LogP contribution in [0.3, 0.4) is 0 Å². The van der Waals surface area contributed by atoms with Crippen molar-refractivity contribution in [3.05, 3.63) is 45.7 Å². The van der Waals surface area contributed by atoms with Crippen LogP contribution < -0.4 is 5.32 Å². The quantitative estimate of drug-likeness (QED) is 0.536. The average Bonchev–Trinajstić information content (AvgIpc) is 2.91. The lowest BCUT2D eigenvalue weighted by molar-refractivity contribution is 0.101. The molecule has 27 heavy (non-hydrogen) atoms. The van der Waals surface area contributed by atoms with E-state index >= 15 is 0 Å². The molecule has 1 N–H and O–H groups in total. The molecule has 1 amide bonds. The second-order valence-electron chi connectivity index (χ2n) is 5.82. The smallest absolute Gasteiger partial charge is 0.321 e. The van der Waals surface area contributed by atoms with Crippen molar-refractivity contribution < 1.29 is 18.4 Å². The first-order valence-electron chi connectivity index (χ1n) is 8.84. The zero-order valence-corrected chi connectivity index (χ0v) is 18.5. The van der Waals surface area contributed by atoms with Crippen molar-refractivity contribution in [2.45, 2.75) is 40.4 Å². The minimum absolute atomic E-state index is 0.191. The SMILES string of the molecule is CCOP(=O)(Cc1ccc(NC(=O)c2c(Br)c(C)nn2CC)cc1)OCC. The van der Waals surface area contributed by atoms with E-state index in [9.17, 15) is 9.36 Å². The number of nitrogens with one attached hydrogen (secondary N) is 1. The Hall–Kier alpha value is -1.47. The fourth-order valence-corrected chi connectivity index (χ4v) is 4.80. The number of hydrogen-bond donors (Lipinski definition) is 1. The molecule has 1 aromatic carbocycles. The van der Waals surface area contributed by atoms with Gasteiger partial charge in [-0.1, -0.05) is 12.1 Å². The Morgan fingerprint density at radius 1 is 1.19 bits per heavy atom. The molecule has 2 rings (SSSR count). The first kappa shape index (κ1) is 21.8. The zero-order chi connectivity index (χ0) is 20.0. The third-order valence-corrected chi connectivity index (χ3v) is 6.81. The van der Waals surface area contributed by atoms with Gasteiger partial charge in [0.15, 0.2) is 0 Å². The highest BCUT2D eigenvalue weighted by Crippen LogP contribution is 2.51. The van der Waals surface area contributed by atoms with Gasteiger partial charge in [0.05, 0.1) is 29.5 Å². The molecule has 0 saturated heterocycles. The summed E-state index contributed by atoms with van der Waals surface area (Å²) >= 11 is 3.43. The number of benzene rings is 1. The molecule has 148 valence electrons. The molecule has 1 aromatic heterocycles. The van der Waals surface area contributed by atoms with E-state index in [-0.39, 0.29) is 12.1 Å². The van der Waals surface area contributed by atoms with Crippen molar-refractivity contribution in [2.75, 3.05) is 18.5 Å². The lowest BCUT2D eigenvalue weighted by Gasteiger charge is -2.17. The predicted octanol–water partition coefficient (Wildman–Crippen LogP) is 4.99. The molecule has 0 aliphatic carbocycles. The fourth-order valence-electron chi connectivity index (χ4n) is 2.63. The molecule has 1 heterocycles. The number of aromatic nitrogens is 2. The number of rotatable bonds is 9. The van der Waals surface area contributed by atoms with Crippen molar-refractivity contribution in [1.82, 2.24) is 9.78 Å². The summed E-state index contributed by atoms with van der Waals surface area (Å²) in [5, 5.41) is 7.20. The Morgan fingerprint density at radius 3 is 2.30 bits per heavy atom. The van der Waals surface area contributed by atoms with Crippen molar-refractivity contribution in [3.63, 3.8) is 0 Å². The van der Waals surface area contributed by atoms with E-state index in [1.165, 1.54) is 0 Å². The standard InChI is InChI=1S/C18H25BrN3O4P/c1-5-22-17(16(19)13(4)21-22)18(23)20-15-10-8-14(9-11-15)12-27(24,25-6-2)26-7-3/h8-11H,5-7,12H2,1-4H3,(H,20,23). The molecule has 0 aliphatic rings. The van der Waals surface area contributed by atoms with Gasteiger partial charge >= 0.3 is 7.60 Å². The molecule has 0 unspecified atom stereocenters. The predicted molar refractivity (Wildman–Crippen MR) is 109 cm³/mol. The van der Waals surface area contributed by atoms with Gasteiger partial charge in [-0.15, -0.1) is 0 Å². The van der Waals surface area contributed by atoms with Crippen molar-refractivity contribution in [3.8, 4) is 0 Å². The van der Waals surface area contributed by atoms with Crippen LogP contribution in [0.25, 0.3) is 0 Å². The topological polar surface area (TPSA) is 82.5 Å².